The normalized spacial score (nSPS) is 15.8. The van der Waals surface area contributed by atoms with Crippen molar-refractivity contribution in [2.24, 2.45) is 0 Å². The predicted molar refractivity (Wildman–Crippen MR) is 135 cm³/mol. The molecular formula is C30H32O5. The van der Waals surface area contributed by atoms with Gasteiger partial charge in [0, 0.05) is 6.42 Å². The monoisotopic (exact) mass is 472 g/mol. The van der Waals surface area contributed by atoms with Gasteiger partial charge in [-0.3, -0.25) is 4.79 Å². The third-order valence-electron chi connectivity index (χ3n) is 7.13. The largest absolute Gasteiger partial charge is 0.507 e. The Morgan fingerprint density at radius 3 is 2.00 bits per heavy atom. The summed E-state index contributed by atoms with van der Waals surface area (Å²) in [6, 6.07) is 17.4. The summed E-state index contributed by atoms with van der Waals surface area (Å²) >= 11 is 0. The van der Waals surface area contributed by atoms with Crippen LogP contribution in [0.4, 0.5) is 0 Å². The van der Waals surface area contributed by atoms with Gasteiger partial charge in [-0.05, 0) is 70.2 Å². The van der Waals surface area contributed by atoms with Crippen LogP contribution in [0.1, 0.15) is 83.5 Å². The van der Waals surface area contributed by atoms with E-state index in [1.54, 1.807) is 12.1 Å². The number of carbonyl (C=O) groups is 2. The summed E-state index contributed by atoms with van der Waals surface area (Å²) in [4.78, 5) is 25.6. The average Bonchev–Trinajstić information content (AvgIpc) is 2.81. The van der Waals surface area contributed by atoms with Crippen molar-refractivity contribution < 1.29 is 24.5 Å². The number of carbonyl (C=O) groups excluding carboxylic acids is 2. The second kappa shape index (κ2) is 9.21. The van der Waals surface area contributed by atoms with Gasteiger partial charge in [-0.2, -0.15) is 0 Å². The first-order chi connectivity index (χ1) is 16.5. The first-order valence-corrected chi connectivity index (χ1v) is 11.9. The van der Waals surface area contributed by atoms with Crippen molar-refractivity contribution >= 4 is 11.8 Å². The number of rotatable bonds is 6. The molecule has 0 bridgehead atoms. The van der Waals surface area contributed by atoms with E-state index >= 15 is 0 Å². The van der Waals surface area contributed by atoms with E-state index in [9.17, 15) is 19.8 Å². The summed E-state index contributed by atoms with van der Waals surface area (Å²) in [5.41, 5.74) is 3.72. The maximum Gasteiger partial charge on any atom is 0.342 e. The van der Waals surface area contributed by atoms with Crippen LogP contribution in [0.5, 0.6) is 11.5 Å². The zero-order valence-corrected chi connectivity index (χ0v) is 20.7. The SMILES string of the molecule is CC1(C)CCC(C)(C)c2cc(C(=O)Cc3ccc(C(=O)OCc4ccccc4)c(O)c3)c(O)cc21. The Morgan fingerprint density at radius 1 is 0.771 bits per heavy atom. The summed E-state index contributed by atoms with van der Waals surface area (Å²) in [7, 11) is 0. The van der Waals surface area contributed by atoms with Gasteiger partial charge >= 0.3 is 5.97 Å². The second-order valence-electron chi connectivity index (χ2n) is 10.7. The Hall–Kier alpha value is -3.60. The molecule has 3 aromatic rings. The fraction of sp³-hybridized carbons (Fsp3) is 0.333. The van der Waals surface area contributed by atoms with E-state index in [4.69, 9.17) is 4.74 Å². The maximum absolute atomic E-state index is 13.1. The van der Waals surface area contributed by atoms with Crippen LogP contribution >= 0.6 is 0 Å². The minimum atomic E-state index is -0.638. The number of ketones is 1. The number of esters is 1. The highest BCUT2D eigenvalue weighted by Crippen LogP contribution is 2.47. The maximum atomic E-state index is 13.1. The van der Waals surface area contributed by atoms with E-state index in [1.165, 1.54) is 12.1 Å². The minimum Gasteiger partial charge on any atom is -0.507 e. The van der Waals surface area contributed by atoms with Gasteiger partial charge in [-0.15, -0.1) is 0 Å². The Balaban J connectivity index is 1.51. The highest BCUT2D eigenvalue weighted by molar-refractivity contribution is 6.00. The molecule has 0 saturated carbocycles. The highest BCUT2D eigenvalue weighted by Gasteiger charge is 2.38. The zero-order chi connectivity index (χ0) is 25.4. The molecule has 0 heterocycles. The number of benzene rings is 3. The summed E-state index contributed by atoms with van der Waals surface area (Å²) in [5.74, 6) is -1.15. The van der Waals surface area contributed by atoms with E-state index in [0.717, 1.165) is 29.5 Å². The molecule has 3 aromatic carbocycles. The van der Waals surface area contributed by atoms with Crippen molar-refractivity contribution in [2.45, 2.75) is 64.4 Å². The van der Waals surface area contributed by atoms with Gasteiger partial charge in [-0.1, -0.05) is 64.1 Å². The molecule has 1 aliphatic carbocycles. The Morgan fingerprint density at radius 2 is 1.37 bits per heavy atom. The van der Waals surface area contributed by atoms with Crippen molar-refractivity contribution in [3.05, 3.63) is 94.0 Å². The van der Waals surface area contributed by atoms with E-state index < -0.39 is 5.97 Å². The number of ether oxygens (including phenoxy) is 1. The molecule has 0 radical (unpaired) electrons. The molecule has 0 fully saturated rings. The van der Waals surface area contributed by atoms with Gasteiger partial charge in [0.05, 0.1) is 5.56 Å². The lowest BCUT2D eigenvalue weighted by Crippen LogP contribution is -2.34. The van der Waals surface area contributed by atoms with Crippen molar-refractivity contribution in [3.63, 3.8) is 0 Å². The highest BCUT2D eigenvalue weighted by atomic mass is 16.5. The number of Topliss-reactive ketones (excluding diaryl/α,β-unsaturated/α-hetero) is 1. The number of phenolic OH excluding ortho intramolecular Hbond substituents is 2. The van der Waals surface area contributed by atoms with Gasteiger partial charge in [0.15, 0.2) is 5.78 Å². The molecule has 1 aliphatic rings. The molecule has 0 saturated heterocycles. The van der Waals surface area contributed by atoms with Crippen LogP contribution in [0, 0.1) is 0 Å². The minimum absolute atomic E-state index is 0.0108. The number of fused-ring (bicyclic) bond motifs is 1. The lowest BCUT2D eigenvalue weighted by Gasteiger charge is -2.42. The van der Waals surface area contributed by atoms with E-state index in [1.807, 2.05) is 36.4 Å². The standard InChI is InChI=1S/C30H32O5/c1-29(2)12-13-30(3,4)24-17-27(33)22(16-23(24)29)26(32)15-20-10-11-21(25(31)14-20)28(34)35-18-19-8-6-5-7-9-19/h5-11,14,16-17,31,33H,12-13,15,18H2,1-4H3. The summed E-state index contributed by atoms with van der Waals surface area (Å²) in [6.45, 7) is 8.76. The van der Waals surface area contributed by atoms with Crippen molar-refractivity contribution in [2.75, 3.05) is 0 Å². The zero-order valence-electron chi connectivity index (χ0n) is 20.7. The van der Waals surface area contributed by atoms with Crippen LogP contribution < -0.4 is 0 Å². The molecule has 182 valence electrons. The van der Waals surface area contributed by atoms with Gasteiger partial charge in [-0.25, -0.2) is 4.79 Å². The molecule has 2 N–H and O–H groups in total. The lowest BCUT2D eigenvalue weighted by atomic mass is 9.63. The van der Waals surface area contributed by atoms with Gasteiger partial charge in [0.2, 0.25) is 0 Å². The molecule has 5 heteroatoms. The first kappa shape index (κ1) is 24.5. The molecule has 0 aromatic heterocycles. The molecule has 0 aliphatic heterocycles. The van der Waals surface area contributed by atoms with Crippen LogP contribution in [0.2, 0.25) is 0 Å². The van der Waals surface area contributed by atoms with Crippen LogP contribution in [0.25, 0.3) is 0 Å². The van der Waals surface area contributed by atoms with E-state index in [2.05, 4.69) is 27.7 Å². The van der Waals surface area contributed by atoms with Gasteiger partial charge < -0.3 is 14.9 Å². The fourth-order valence-electron chi connectivity index (χ4n) is 4.77. The quantitative estimate of drug-likeness (QED) is 0.328. The predicted octanol–water partition coefficient (Wildman–Crippen LogP) is 6.23. The molecule has 4 rings (SSSR count). The molecule has 0 amide bonds. The topological polar surface area (TPSA) is 83.8 Å². The third kappa shape index (κ3) is 5.09. The number of phenols is 2. The lowest BCUT2D eigenvalue weighted by molar-refractivity contribution is 0.0469. The van der Waals surface area contributed by atoms with Crippen LogP contribution in [-0.2, 0) is 28.6 Å². The Kier molecular flexibility index (Phi) is 6.46. The third-order valence-corrected chi connectivity index (χ3v) is 7.13. The molecular weight excluding hydrogens is 440 g/mol. The Bertz CT molecular complexity index is 1270. The Labute approximate surface area is 206 Å². The van der Waals surface area contributed by atoms with Crippen molar-refractivity contribution in [3.8, 4) is 11.5 Å². The number of hydrogen-bond donors (Lipinski definition) is 2. The van der Waals surface area contributed by atoms with E-state index in [-0.39, 0.29) is 52.3 Å². The van der Waals surface area contributed by atoms with Crippen molar-refractivity contribution in [1.82, 2.24) is 0 Å². The molecule has 0 unspecified atom stereocenters. The van der Waals surface area contributed by atoms with Crippen LogP contribution in [-0.4, -0.2) is 22.0 Å². The summed E-state index contributed by atoms with van der Waals surface area (Å²) < 4.78 is 5.29. The van der Waals surface area contributed by atoms with Crippen LogP contribution in [0.15, 0.2) is 60.7 Å². The molecule has 35 heavy (non-hydrogen) atoms. The molecule has 0 atom stereocenters. The number of hydrogen-bond acceptors (Lipinski definition) is 5. The van der Waals surface area contributed by atoms with Crippen molar-refractivity contribution in [1.29, 1.82) is 0 Å². The smallest absolute Gasteiger partial charge is 0.342 e. The second-order valence-corrected chi connectivity index (χ2v) is 10.7. The molecule has 5 nitrogen and oxygen atoms in total. The summed E-state index contributed by atoms with van der Waals surface area (Å²) in [5, 5.41) is 21.1. The van der Waals surface area contributed by atoms with E-state index in [0.29, 0.717) is 5.56 Å². The van der Waals surface area contributed by atoms with Gasteiger partial charge in [0.1, 0.15) is 23.7 Å². The fourth-order valence-corrected chi connectivity index (χ4v) is 4.77. The first-order valence-electron chi connectivity index (χ1n) is 11.9. The average molecular weight is 473 g/mol. The van der Waals surface area contributed by atoms with Gasteiger partial charge in [0.25, 0.3) is 0 Å². The molecule has 0 spiro atoms. The number of aromatic hydroxyl groups is 2. The van der Waals surface area contributed by atoms with Crippen LogP contribution in [0.3, 0.4) is 0 Å². The summed E-state index contributed by atoms with van der Waals surface area (Å²) in [6.07, 6.45) is 2.00.